The number of aromatic nitrogens is 4. The number of fused-ring (bicyclic) bond motifs is 1. The molecule has 1 N–H and O–H groups in total. The van der Waals surface area contributed by atoms with Crippen LogP contribution < -0.4 is 5.32 Å². The second-order valence-electron chi connectivity index (χ2n) is 5.84. The van der Waals surface area contributed by atoms with Crippen LogP contribution in [0.15, 0.2) is 34.8 Å². The molecule has 0 aromatic carbocycles. The molecule has 3 heterocycles. The third kappa shape index (κ3) is 4.33. The minimum atomic E-state index is 0.749. The molecule has 3 rings (SSSR count). The van der Waals surface area contributed by atoms with Crippen molar-refractivity contribution in [2.75, 3.05) is 20.6 Å². The van der Waals surface area contributed by atoms with E-state index in [1.165, 1.54) is 0 Å². The lowest BCUT2D eigenvalue weighted by Crippen LogP contribution is -2.39. The third-order valence-corrected chi connectivity index (χ3v) is 4.71. The Morgan fingerprint density at radius 1 is 1.36 bits per heavy atom. The lowest BCUT2D eigenvalue weighted by atomic mass is 10.3. The average molecular weight is 357 g/mol. The van der Waals surface area contributed by atoms with E-state index in [4.69, 9.17) is 0 Å². The fourth-order valence-corrected chi connectivity index (χ4v) is 3.30. The lowest BCUT2D eigenvalue weighted by molar-refractivity contribution is 0.469. The zero-order chi connectivity index (χ0) is 17.6. The van der Waals surface area contributed by atoms with E-state index in [0.717, 1.165) is 54.1 Å². The van der Waals surface area contributed by atoms with E-state index in [1.807, 2.05) is 42.8 Å². The molecule has 3 aromatic rings. The number of guanidine groups is 1. The van der Waals surface area contributed by atoms with E-state index >= 15 is 0 Å². The minimum Gasteiger partial charge on any atom is -0.356 e. The first-order valence-corrected chi connectivity index (χ1v) is 9.17. The molecule has 0 aliphatic carbocycles. The first kappa shape index (κ1) is 17.3. The van der Waals surface area contributed by atoms with Crippen LogP contribution in [-0.4, -0.2) is 51.1 Å². The fourth-order valence-electron chi connectivity index (χ4n) is 2.69. The molecule has 7 nitrogen and oxygen atoms in total. The van der Waals surface area contributed by atoms with Gasteiger partial charge in [-0.15, -0.1) is 21.5 Å². The second-order valence-corrected chi connectivity index (χ2v) is 6.90. The number of aliphatic imine (C=N–C) groups is 1. The highest BCUT2D eigenvalue weighted by Gasteiger charge is 2.09. The van der Waals surface area contributed by atoms with Gasteiger partial charge in [0.2, 0.25) is 0 Å². The van der Waals surface area contributed by atoms with Crippen LogP contribution in [0.4, 0.5) is 0 Å². The molecular formula is C17H23N7S. The standard InChI is InChI=1S/C17H23N7S/c1-13-20-14(12-25-13)11-23(3)17(18-2)19-9-6-8-16-22-21-15-7-4-5-10-24(15)16/h4-5,7,10,12H,6,8-9,11H2,1-3H3,(H,18,19). The topological polar surface area (TPSA) is 70.7 Å². The van der Waals surface area contributed by atoms with Crippen LogP contribution in [0.5, 0.6) is 0 Å². The summed E-state index contributed by atoms with van der Waals surface area (Å²) in [4.78, 5) is 10.9. The summed E-state index contributed by atoms with van der Waals surface area (Å²) in [6.45, 7) is 3.60. The molecule has 0 fully saturated rings. The molecule has 0 saturated heterocycles. The molecule has 0 atom stereocenters. The number of nitrogens with one attached hydrogen (secondary N) is 1. The predicted molar refractivity (Wildman–Crippen MR) is 101 cm³/mol. The highest BCUT2D eigenvalue weighted by atomic mass is 32.1. The number of hydrogen-bond donors (Lipinski definition) is 1. The Morgan fingerprint density at radius 2 is 2.24 bits per heavy atom. The summed E-state index contributed by atoms with van der Waals surface area (Å²) in [5.74, 6) is 1.86. The number of aryl methyl sites for hydroxylation is 2. The summed E-state index contributed by atoms with van der Waals surface area (Å²) in [7, 11) is 3.83. The summed E-state index contributed by atoms with van der Waals surface area (Å²) in [6.07, 6.45) is 3.82. The van der Waals surface area contributed by atoms with E-state index in [0.29, 0.717) is 0 Å². The number of hydrogen-bond acceptors (Lipinski definition) is 5. The van der Waals surface area contributed by atoms with E-state index in [1.54, 1.807) is 18.4 Å². The van der Waals surface area contributed by atoms with Gasteiger partial charge in [-0.25, -0.2) is 4.98 Å². The molecule has 0 radical (unpaired) electrons. The van der Waals surface area contributed by atoms with Crippen LogP contribution in [-0.2, 0) is 13.0 Å². The SMILES string of the molecule is CN=C(NCCCc1nnc2ccccn12)N(C)Cc1csc(C)n1. The maximum absolute atomic E-state index is 4.50. The molecule has 0 spiro atoms. The summed E-state index contributed by atoms with van der Waals surface area (Å²) in [5, 5.41) is 15.0. The van der Waals surface area contributed by atoms with E-state index in [2.05, 4.69) is 35.8 Å². The highest BCUT2D eigenvalue weighted by molar-refractivity contribution is 7.09. The molecule has 0 aliphatic rings. The van der Waals surface area contributed by atoms with Gasteiger partial charge in [-0.2, -0.15) is 0 Å². The van der Waals surface area contributed by atoms with Crippen LogP contribution in [0.25, 0.3) is 5.65 Å². The third-order valence-electron chi connectivity index (χ3n) is 3.88. The molecule has 0 unspecified atom stereocenters. The number of nitrogens with zero attached hydrogens (tertiary/aromatic N) is 6. The molecule has 0 amide bonds. The molecule has 0 aliphatic heterocycles. The van der Waals surface area contributed by atoms with E-state index in [-0.39, 0.29) is 0 Å². The zero-order valence-corrected chi connectivity index (χ0v) is 15.6. The summed E-state index contributed by atoms with van der Waals surface area (Å²) < 4.78 is 2.03. The van der Waals surface area contributed by atoms with Crippen LogP contribution in [0.3, 0.4) is 0 Å². The van der Waals surface area contributed by atoms with Gasteiger partial charge >= 0.3 is 0 Å². The van der Waals surface area contributed by atoms with Gasteiger partial charge in [0.25, 0.3) is 0 Å². The maximum Gasteiger partial charge on any atom is 0.193 e. The summed E-state index contributed by atoms with van der Waals surface area (Å²) in [6, 6.07) is 5.93. The molecule has 0 bridgehead atoms. The van der Waals surface area contributed by atoms with Gasteiger partial charge in [-0.3, -0.25) is 9.39 Å². The Morgan fingerprint density at radius 3 is 3.00 bits per heavy atom. The van der Waals surface area contributed by atoms with Crippen molar-refractivity contribution < 1.29 is 0 Å². The van der Waals surface area contributed by atoms with Crippen molar-refractivity contribution in [3.05, 3.63) is 46.3 Å². The molecule has 132 valence electrons. The van der Waals surface area contributed by atoms with Crippen molar-refractivity contribution in [3.63, 3.8) is 0 Å². The first-order chi connectivity index (χ1) is 12.2. The van der Waals surface area contributed by atoms with Crippen LogP contribution in [0.2, 0.25) is 0 Å². The maximum atomic E-state index is 4.50. The van der Waals surface area contributed by atoms with Gasteiger partial charge in [0.15, 0.2) is 11.6 Å². The normalized spacial score (nSPS) is 11.9. The van der Waals surface area contributed by atoms with Crippen molar-refractivity contribution in [2.24, 2.45) is 4.99 Å². The minimum absolute atomic E-state index is 0.749. The van der Waals surface area contributed by atoms with E-state index < -0.39 is 0 Å². The van der Waals surface area contributed by atoms with Gasteiger partial charge in [-0.1, -0.05) is 6.07 Å². The number of thiazole rings is 1. The summed E-state index contributed by atoms with van der Waals surface area (Å²) in [5.41, 5.74) is 1.96. The Balaban J connectivity index is 1.48. The smallest absolute Gasteiger partial charge is 0.193 e. The molecule has 0 saturated carbocycles. The molecule has 8 heteroatoms. The van der Waals surface area contributed by atoms with Gasteiger partial charge < -0.3 is 10.2 Å². The van der Waals surface area contributed by atoms with Crippen molar-refractivity contribution in [3.8, 4) is 0 Å². The number of pyridine rings is 1. The van der Waals surface area contributed by atoms with Gasteiger partial charge in [0.05, 0.1) is 17.2 Å². The number of rotatable bonds is 6. The Labute approximate surface area is 151 Å². The van der Waals surface area contributed by atoms with Gasteiger partial charge in [-0.05, 0) is 25.5 Å². The van der Waals surface area contributed by atoms with Crippen LogP contribution in [0.1, 0.15) is 22.9 Å². The van der Waals surface area contributed by atoms with Crippen molar-refractivity contribution in [2.45, 2.75) is 26.3 Å². The van der Waals surface area contributed by atoms with E-state index in [9.17, 15) is 0 Å². The predicted octanol–water partition coefficient (Wildman–Crippen LogP) is 2.13. The average Bonchev–Trinajstić information content (AvgIpc) is 3.21. The Hall–Kier alpha value is -2.48. The first-order valence-electron chi connectivity index (χ1n) is 8.29. The van der Waals surface area contributed by atoms with Gasteiger partial charge in [0, 0.05) is 38.6 Å². The van der Waals surface area contributed by atoms with Gasteiger partial charge in [0.1, 0.15) is 5.82 Å². The van der Waals surface area contributed by atoms with Crippen molar-refractivity contribution >= 4 is 22.9 Å². The Kier molecular flexibility index (Phi) is 5.60. The van der Waals surface area contributed by atoms with Crippen LogP contribution >= 0.6 is 11.3 Å². The lowest BCUT2D eigenvalue weighted by Gasteiger charge is -2.21. The van der Waals surface area contributed by atoms with Crippen molar-refractivity contribution in [1.29, 1.82) is 0 Å². The monoisotopic (exact) mass is 357 g/mol. The summed E-state index contributed by atoms with van der Waals surface area (Å²) >= 11 is 1.67. The van der Waals surface area contributed by atoms with Crippen LogP contribution in [0, 0.1) is 6.92 Å². The molecule has 3 aromatic heterocycles. The largest absolute Gasteiger partial charge is 0.356 e. The Bertz CT molecular complexity index is 851. The fraction of sp³-hybridized carbons (Fsp3) is 0.412. The highest BCUT2D eigenvalue weighted by Crippen LogP contribution is 2.10. The molecular weight excluding hydrogens is 334 g/mol. The van der Waals surface area contributed by atoms with Crippen molar-refractivity contribution in [1.82, 2.24) is 29.8 Å². The quantitative estimate of drug-likeness (QED) is 0.416. The molecule has 25 heavy (non-hydrogen) atoms. The zero-order valence-electron chi connectivity index (χ0n) is 14.8. The second kappa shape index (κ2) is 8.06.